The number of aromatic carboxylic acids is 1. The quantitative estimate of drug-likeness (QED) is 0.576. The van der Waals surface area contributed by atoms with Crippen LogP contribution in [0.1, 0.15) is 21.9 Å². The molecule has 0 amide bonds. The Morgan fingerprint density at radius 2 is 2.22 bits per heavy atom. The molecule has 102 valence electrons. The zero-order valence-corrected chi connectivity index (χ0v) is 11.5. The maximum Gasteiger partial charge on any atom is 0.365 e. The fourth-order valence-corrected chi connectivity index (χ4v) is 2.34. The lowest BCUT2D eigenvalue weighted by Gasteiger charge is -2.03. The fourth-order valence-electron chi connectivity index (χ4n) is 1.17. The van der Waals surface area contributed by atoms with Gasteiger partial charge in [0.1, 0.15) is 0 Å². The monoisotopic (exact) mass is 293 g/mol. The topological polar surface area (TPSA) is 108 Å². The van der Waals surface area contributed by atoms with Crippen molar-refractivity contribution in [3.63, 3.8) is 0 Å². The number of sulfonamides is 1. The van der Waals surface area contributed by atoms with Crippen molar-refractivity contribution in [2.45, 2.75) is 13.0 Å². The summed E-state index contributed by atoms with van der Waals surface area (Å²) in [5.74, 6) is -1.02. The lowest BCUT2D eigenvalue weighted by atomic mass is 10.4. The van der Waals surface area contributed by atoms with Gasteiger partial charge in [0.25, 0.3) is 0 Å². The van der Waals surface area contributed by atoms with E-state index in [1.165, 1.54) is 0 Å². The maximum absolute atomic E-state index is 10.8. The molecule has 3 N–H and O–H groups in total. The van der Waals surface area contributed by atoms with Crippen molar-refractivity contribution in [1.29, 1.82) is 0 Å². The molecule has 0 aliphatic rings. The largest absolute Gasteiger partial charge is 0.476 e. The minimum Gasteiger partial charge on any atom is -0.476 e. The summed E-state index contributed by atoms with van der Waals surface area (Å²) in [6.07, 6.45) is 1.77. The maximum atomic E-state index is 10.8. The number of nitrogens with zero attached hydrogens (tertiary/aromatic N) is 1. The second-order valence-electron chi connectivity index (χ2n) is 3.65. The summed E-state index contributed by atoms with van der Waals surface area (Å²) in [5, 5.41) is 13.5. The lowest BCUT2D eigenvalue weighted by molar-refractivity contribution is 0.0696. The number of carboxylic acid groups (broad SMARTS) is 1. The van der Waals surface area contributed by atoms with Gasteiger partial charge in [0.15, 0.2) is 0 Å². The smallest absolute Gasteiger partial charge is 0.365 e. The summed E-state index contributed by atoms with van der Waals surface area (Å²) in [6.45, 7) is 1.48. The Morgan fingerprint density at radius 1 is 1.50 bits per heavy atom. The van der Waals surface area contributed by atoms with Crippen LogP contribution >= 0.6 is 11.3 Å². The van der Waals surface area contributed by atoms with Crippen molar-refractivity contribution in [1.82, 2.24) is 15.0 Å². The Kier molecular flexibility index (Phi) is 5.66. The minimum atomic E-state index is -3.12. The van der Waals surface area contributed by atoms with Crippen LogP contribution < -0.4 is 10.0 Å². The molecule has 0 radical (unpaired) electrons. The van der Waals surface area contributed by atoms with Crippen LogP contribution in [0, 0.1) is 0 Å². The molecule has 0 spiro atoms. The number of carbonyl (C=O) groups is 1. The Labute approximate surface area is 109 Å². The zero-order chi connectivity index (χ0) is 13.6. The molecule has 0 aliphatic heterocycles. The van der Waals surface area contributed by atoms with E-state index in [-0.39, 0.29) is 5.01 Å². The SMILES string of the molecule is CS(=O)(=O)NCCCNCc1csc(C(=O)O)n1. The van der Waals surface area contributed by atoms with Gasteiger partial charge in [-0.3, -0.25) is 0 Å². The first kappa shape index (κ1) is 15.0. The molecule has 0 saturated heterocycles. The van der Waals surface area contributed by atoms with E-state index in [1.807, 2.05) is 0 Å². The van der Waals surface area contributed by atoms with Gasteiger partial charge < -0.3 is 10.4 Å². The number of carboxylic acids is 1. The van der Waals surface area contributed by atoms with Gasteiger partial charge >= 0.3 is 5.97 Å². The lowest BCUT2D eigenvalue weighted by Crippen LogP contribution is -2.26. The Balaban J connectivity index is 2.16. The molecule has 0 bridgehead atoms. The number of hydrogen-bond acceptors (Lipinski definition) is 6. The molecule has 0 aromatic carbocycles. The van der Waals surface area contributed by atoms with Crippen molar-refractivity contribution in [3.05, 3.63) is 16.1 Å². The second-order valence-corrected chi connectivity index (χ2v) is 6.34. The first-order chi connectivity index (χ1) is 8.38. The van der Waals surface area contributed by atoms with Crippen LogP contribution in [0.15, 0.2) is 5.38 Å². The highest BCUT2D eigenvalue weighted by molar-refractivity contribution is 7.88. The number of nitrogens with one attached hydrogen (secondary N) is 2. The Hall–Kier alpha value is -1.03. The average Bonchev–Trinajstić information content (AvgIpc) is 2.70. The third kappa shape index (κ3) is 6.05. The van der Waals surface area contributed by atoms with Crippen molar-refractivity contribution in [2.24, 2.45) is 0 Å². The van der Waals surface area contributed by atoms with Gasteiger partial charge in [-0.15, -0.1) is 11.3 Å². The highest BCUT2D eigenvalue weighted by Crippen LogP contribution is 2.08. The molecule has 1 aromatic heterocycles. The van der Waals surface area contributed by atoms with Gasteiger partial charge in [-0.05, 0) is 13.0 Å². The summed E-state index contributed by atoms with van der Waals surface area (Å²) < 4.78 is 23.9. The van der Waals surface area contributed by atoms with E-state index < -0.39 is 16.0 Å². The first-order valence-electron chi connectivity index (χ1n) is 5.21. The Morgan fingerprint density at radius 3 is 2.78 bits per heavy atom. The molecule has 1 rings (SSSR count). The number of aromatic nitrogens is 1. The van der Waals surface area contributed by atoms with Crippen molar-refractivity contribution in [2.75, 3.05) is 19.3 Å². The second kappa shape index (κ2) is 6.78. The molecular formula is C9H15N3O4S2. The molecule has 18 heavy (non-hydrogen) atoms. The van der Waals surface area contributed by atoms with Crippen LogP contribution in [0.25, 0.3) is 0 Å². The van der Waals surface area contributed by atoms with Gasteiger partial charge in [-0.1, -0.05) is 0 Å². The third-order valence-electron chi connectivity index (χ3n) is 1.94. The van der Waals surface area contributed by atoms with Crippen LogP contribution in [0.3, 0.4) is 0 Å². The van der Waals surface area contributed by atoms with E-state index in [9.17, 15) is 13.2 Å². The molecule has 0 unspecified atom stereocenters. The predicted octanol–water partition coefficient (Wildman–Crippen LogP) is -0.130. The van der Waals surface area contributed by atoms with Crippen molar-refractivity contribution < 1.29 is 18.3 Å². The first-order valence-corrected chi connectivity index (χ1v) is 7.98. The molecule has 9 heteroatoms. The summed E-state index contributed by atoms with van der Waals surface area (Å²) in [6, 6.07) is 0. The normalized spacial score (nSPS) is 11.6. The summed E-state index contributed by atoms with van der Waals surface area (Å²) >= 11 is 1.09. The minimum absolute atomic E-state index is 0.0746. The van der Waals surface area contributed by atoms with Crippen molar-refractivity contribution >= 4 is 27.3 Å². The van der Waals surface area contributed by atoms with E-state index in [0.717, 1.165) is 17.6 Å². The number of hydrogen-bond donors (Lipinski definition) is 3. The fraction of sp³-hybridized carbons (Fsp3) is 0.556. The van der Waals surface area contributed by atoms with Gasteiger partial charge in [0.2, 0.25) is 15.0 Å². The molecule has 7 nitrogen and oxygen atoms in total. The molecule has 1 aromatic rings. The molecule has 0 saturated carbocycles. The Bertz CT molecular complexity index is 498. The summed E-state index contributed by atoms with van der Waals surface area (Å²) in [7, 11) is -3.12. The standard InChI is InChI=1S/C9H15N3O4S2/c1-18(15,16)11-4-2-3-10-5-7-6-17-8(12-7)9(13)14/h6,10-11H,2-5H2,1H3,(H,13,14). The van der Waals surface area contributed by atoms with E-state index in [4.69, 9.17) is 5.11 Å². The number of thiazole rings is 1. The highest BCUT2D eigenvalue weighted by atomic mass is 32.2. The average molecular weight is 293 g/mol. The van der Waals surface area contributed by atoms with Gasteiger partial charge in [-0.2, -0.15) is 0 Å². The van der Waals surface area contributed by atoms with Crippen molar-refractivity contribution in [3.8, 4) is 0 Å². The van der Waals surface area contributed by atoms with E-state index in [2.05, 4.69) is 15.0 Å². The van der Waals surface area contributed by atoms with Gasteiger partial charge in [0, 0.05) is 18.5 Å². The van der Waals surface area contributed by atoms with Crippen LogP contribution in [-0.4, -0.2) is 43.8 Å². The predicted molar refractivity (Wildman–Crippen MR) is 68.2 cm³/mol. The van der Waals surface area contributed by atoms with Crippen LogP contribution in [0.2, 0.25) is 0 Å². The summed E-state index contributed by atoms with van der Waals surface area (Å²) in [4.78, 5) is 14.5. The molecule has 0 fully saturated rings. The molecular weight excluding hydrogens is 278 g/mol. The van der Waals surface area contributed by atoms with Gasteiger partial charge in [0.05, 0.1) is 11.9 Å². The van der Waals surface area contributed by atoms with E-state index in [1.54, 1.807) is 5.38 Å². The summed E-state index contributed by atoms with van der Waals surface area (Å²) in [5.41, 5.74) is 0.675. The van der Waals surface area contributed by atoms with Gasteiger partial charge in [-0.25, -0.2) is 22.9 Å². The molecule has 0 atom stereocenters. The van der Waals surface area contributed by atoms with Crippen LogP contribution in [0.4, 0.5) is 0 Å². The highest BCUT2D eigenvalue weighted by Gasteiger charge is 2.08. The number of rotatable bonds is 8. The van der Waals surface area contributed by atoms with E-state index >= 15 is 0 Å². The third-order valence-corrected chi connectivity index (χ3v) is 3.54. The van der Waals surface area contributed by atoms with Crippen LogP contribution in [-0.2, 0) is 16.6 Å². The van der Waals surface area contributed by atoms with E-state index in [0.29, 0.717) is 31.7 Å². The zero-order valence-electron chi connectivity index (χ0n) is 9.84. The van der Waals surface area contributed by atoms with Crippen LogP contribution in [0.5, 0.6) is 0 Å². The molecule has 1 heterocycles. The molecule has 0 aliphatic carbocycles.